The summed E-state index contributed by atoms with van der Waals surface area (Å²) >= 11 is 0. The van der Waals surface area contributed by atoms with E-state index in [0.29, 0.717) is 18.1 Å². The van der Waals surface area contributed by atoms with Crippen LogP contribution in [0.15, 0.2) is 0 Å². The van der Waals surface area contributed by atoms with Crippen LogP contribution in [-0.4, -0.2) is 32.5 Å². The molecular weight excluding hydrogens is 174 g/mol. The Kier molecular flexibility index (Phi) is 3.62. The van der Waals surface area contributed by atoms with Crippen molar-refractivity contribution in [2.24, 2.45) is 0 Å². The van der Waals surface area contributed by atoms with Crippen LogP contribution in [0.4, 0.5) is 0 Å². The minimum atomic E-state index is -2.69. The van der Waals surface area contributed by atoms with Gasteiger partial charge in [0.25, 0.3) is 0 Å². The second-order valence-electron chi connectivity index (χ2n) is 2.47. The smallest absolute Gasteiger partial charge is 0.153 e. The molecule has 0 aromatic rings. The normalized spacial score (nSPS) is 30.7. The van der Waals surface area contributed by atoms with Gasteiger partial charge >= 0.3 is 0 Å². The van der Waals surface area contributed by atoms with Crippen molar-refractivity contribution in [3.63, 3.8) is 0 Å². The summed E-state index contributed by atoms with van der Waals surface area (Å²) in [6.07, 6.45) is 0. The zero-order valence-corrected chi connectivity index (χ0v) is 7.46. The molecule has 3 nitrogen and oxygen atoms in total. The van der Waals surface area contributed by atoms with Crippen LogP contribution in [-0.2, 0) is 9.84 Å². The summed E-state index contributed by atoms with van der Waals surface area (Å²) in [6, 6.07) is 0.142. The molecule has 0 amide bonds. The zero-order chi connectivity index (χ0) is 6.91. The van der Waals surface area contributed by atoms with Crippen LogP contribution in [0.5, 0.6) is 0 Å². The Balaban J connectivity index is 0.000000810. The molecule has 62 valence electrons. The first-order valence-corrected chi connectivity index (χ1v) is 4.86. The summed E-state index contributed by atoms with van der Waals surface area (Å²) in [5.41, 5.74) is 0. The van der Waals surface area contributed by atoms with Crippen molar-refractivity contribution in [3.8, 4) is 0 Å². The van der Waals surface area contributed by atoms with E-state index in [0.717, 1.165) is 0 Å². The lowest BCUT2D eigenvalue weighted by atomic mass is 10.4. The Morgan fingerprint density at radius 2 is 2.10 bits per heavy atom. The average Bonchev–Trinajstić information content (AvgIpc) is 1.60. The van der Waals surface area contributed by atoms with Gasteiger partial charge in [0.05, 0.1) is 11.5 Å². The van der Waals surface area contributed by atoms with Gasteiger partial charge in [-0.05, 0) is 6.92 Å². The Labute approximate surface area is 67.5 Å². The van der Waals surface area contributed by atoms with E-state index in [1.165, 1.54) is 0 Å². The highest BCUT2D eigenvalue weighted by atomic mass is 35.5. The molecule has 0 aliphatic carbocycles. The highest BCUT2D eigenvalue weighted by molar-refractivity contribution is 7.91. The molecule has 0 bridgehead atoms. The van der Waals surface area contributed by atoms with Crippen LogP contribution in [0, 0.1) is 0 Å². The summed E-state index contributed by atoms with van der Waals surface area (Å²) in [6.45, 7) is 2.50. The average molecular weight is 186 g/mol. The topological polar surface area (TPSA) is 46.2 Å². The summed E-state index contributed by atoms with van der Waals surface area (Å²) in [7, 11) is -2.69. The lowest BCUT2D eigenvalue weighted by Gasteiger charge is -2.19. The Bertz CT molecular complexity index is 190. The maximum absolute atomic E-state index is 10.8. The van der Waals surface area contributed by atoms with Crippen molar-refractivity contribution < 1.29 is 8.42 Å². The predicted octanol–water partition coefficient (Wildman–Crippen LogP) is -0.185. The van der Waals surface area contributed by atoms with Crippen LogP contribution in [0.2, 0.25) is 0 Å². The fraction of sp³-hybridized carbons (Fsp3) is 1.00. The third-order valence-electron chi connectivity index (χ3n) is 1.41. The molecule has 0 radical (unpaired) electrons. The van der Waals surface area contributed by atoms with Gasteiger partial charge in [0.15, 0.2) is 9.84 Å². The maximum atomic E-state index is 10.8. The summed E-state index contributed by atoms with van der Waals surface area (Å²) < 4.78 is 21.6. The van der Waals surface area contributed by atoms with Crippen molar-refractivity contribution in [1.82, 2.24) is 5.32 Å². The van der Waals surface area contributed by atoms with Gasteiger partial charge in [0, 0.05) is 12.6 Å². The molecule has 0 aromatic heterocycles. The van der Waals surface area contributed by atoms with Gasteiger partial charge in [0.1, 0.15) is 0 Å². The van der Waals surface area contributed by atoms with Gasteiger partial charge in [-0.25, -0.2) is 8.42 Å². The zero-order valence-electron chi connectivity index (χ0n) is 5.83. The fourth-order valence-corrected chi connectivity index (χ4v) is 2.46. The molecule has 0 spiro atoms. The summed E-state index contributed by atoms with van der Waals surface area (Å²) in [5, 5.41) is 3.06. The quantitative estimate of drug-likeness (QED) is 0.570. The Morgan fingerprint density at radius 1 is 1.50 bits per heavy atom. The third-order valence-corrected chi connectivity index (χ3v) is 3.24. The van der Waals surface area contributed by atoms with E-state index < -0.39 is 9.84 Å². The first kappa shape index (κ1) is 10.2. The number of hydrogen-bond donors (Lipinski definition) is 1. The lowest BCUT2D eigenvalue weighted by Crippen LogP contribution is -2.42. The van der Waals surface area contributed by atoms with E-state index in [4.69, 9.17) is 0 Å². The number of hydrogen-bond acceptors (Lipinski definition) is 3. The second-order valence-corrected chi connectivity index (χ2v) is 4.70. The van der Waals surface area contributed by atoms with Crippen LogP contribution in [0.3, 0.4) is 0 Å². The summed E-state index contributed by atoms with van der Waals surface area (Å²) in [5.74, 6) is 0.602. The molecule has 1 aliphatic heterocycles. The molecular formula is C5H12ClNO2S. The largest absolute Gasteiger partial charge is 0.312 e. The molecule has 10 heavy (non-hydrogen) atoms. The van der Waals surface area contributed by atoms with Crippen molar-refractivity contribution in [2.75, 3.05) is 18.1 Å². The number of nitrogens with one attached hydrogen (secondary N) is 1. The number of rotatable bonds is 0. The van der Waals surface area contributed by atoms with Crippen LogP contribution < -0.4 is 5.32 Å². The van der Waals surface area contributed by atoms with Crippen LogP contribution >= 0.6 is 12.4 Å². The lowest BCUT2D eigenvalue weighted by molar-refractivity contribution is 0.539. The molecule has 1 N–H and O–H groups in total. The van der Waals surface area contributed by atoms with Crippen molar-refractivity contribution >= 4 is 22.2 Å². The molecule has 1 unspecified atom stereocenters. The molecule has 5 heteroatoms. The van der Waals surface area contributed by atoms with E-state index in [1.807, 2.05) is 6.92 Å². The number of sulfone groups is 1. The van der Waals surface area contributed by atoms with E-state index in [2.05, 4.69) is 5.32 Å². The maximum Gasteiger partial charge on any atom is 0.153 e. The number of halogens is 1. The van der Waals surface area contributed by atoms with E-state index in [1.54, 1.807) is 0 Å². The molecule has 1 rings (SSSR count). The van der Waals surface area contributed by atoms with E-state index in [-0.39, 0.29) is 18.4 Å². The molecule has 0 saturated carbocycles. The SMILES string of the molecule is CC1CS(=O)(=O)CCN1.Cl. The van der Waals surface area contributed by atoms with Crippen LogP contribution in [0.1, 0.15) is 6.92 Å². The first-order valence-electron chi connectivity index (χ1n) is 3.04. The predicted molar refractivity (Wildman–Crippen MR) is 43.4 cm³/mol. The van der Waals surface area contributed by atoms with Gasteiger partial charge in [-0.15, -0.1) is 12.4 Å². The van der Waals surface area contributed by atoms with Gasteiger partial charge in [-0.2, -0.15) is 0 Å². The van der Waals surface area contributed by atoms with Gasteiger partial charge < -0.3 is 5.32 Å². The third kappa shape index (κ3) is 2.86. The van der Waals surface area contributed by atoms with Crippen molar-refractivity contribution in [3.05, 3.63) is 0 Å². The molecule has 1 heterocycles. The van der Waals surface area contributed by atoms with Gasteiger partial charge in [-0.1, -0.05) is 0 Å². The standard InChI is InChI=1S/C5H11NO2S.ClH/c1-5-4-9(7,8)3-2-6-5;/h5-6H,2-4H2,1H3;1H. The fourth-order valence-electron chi connectivity index (χ4n) is 0.984. The van der Waals surface area contributed by atoms with Gasteiger partial charge in [0.2, 0.25) is 0 Å². The molecule has 0 aromatic carbocycles. The van der Waals surface area contributed by atoms with E-state index in [9.17, 15) is 8.42 Å². The highest BCUT2D eigenvalue weighted by Gasteiger charge is 2.19. The second kappa shape index (κ2) is 3.55. The molecule has 1 atom stereocenters. The molecule has 1 fully saturated rings. The van der Waals surface area contributed by atoms with Gasteiger partial charge in [-0.3, -0.25) is 0 Å². The highest BCUT2D eigenvalue weighted by Crippen LogP contribution is 1.99. The minimum absolute atomic E-state index is 0. The Morgan fingerprint density at radius 3 is 2.40 bits per heavy atom. The Hall–Kier alpha value is 0.200. The monoisotopic (exact) mass is 185 g/mol. The van der Waals surface area contributed by atoms with E-state index >= 15 is 0 Å². The molecule has 1 aliphatic rings. The molecule has 1 saturated heterocycles. The van der Waals surface area contributed by atoms with Crippen molar-refractivity contribution in [1.29, 1.82) is 0 Å². The minimum Gasteiger partial charge on any atom is -0.312 e. The summed E-state index contributed by atoms with van der Waals surface area (Å²) in [4.78, 5) is 0. The van der Waals surface area contributed by atoms with Crippen LogP contribution in [0.25, 0.3) is 0 Å². The first-order chi connectivity index (χ1) is 4.10. The van der Waals surface area contributed by atoms with Crippen molar-refractivity contribution in [2.45, 2.75) is 13.0 Å².